The highest BCUT2D eigenvalue weighted by molar-refractivity contribution is 8.14. The molecule has 0 bridgehead atoms. The first-order valence-corrected chi connectivity index (χ1v) is 4.49. The average Bonchev–Trinajstić information content (AvgIpc) is 2.34. The number of nitrogens with zero attached hydrogens (tertiary/aromatic N) is 1. The van der Waals surface area contributed by atoms with Gasteiger partial charge in [-0.3, -0.25) is 10.2 Å². The lowest BCUT2D eigenvalue weighted by Gasteiger charge is -2.02. The third-order valence-corrected chi connectivity index (χ3v) is 2.40. The summed E-state index contributed by atoms with van der Waals surface area (Å²) < 4.78 is 4.70. The topological polar surface area (TPSA) is 115 Å². The van der Waals surface area contributed by atoms with E-state index >= 15 is 0 Å². The summed E-state index contributed by atoms with van der Waals surface area (Å²) >= 11 is 1.00. The molecule has 1 atom stereocenters. The number of carbonyl (C=O) groups excluding carboxylic acids is 1. The SMILES string of the molecule is N=C(N=C(N)N)SC1CCOC1=O. The lowest BCUT2D eigenvalue weighted by Crippen LogP contribution is -2.24. The molecule has 1 unspecified atom stereocenters. The van der Waals surface area contributed by atoms with Crippen LogP contribution in [0.3, 0.4) is 0 Å². The number of guanidine groups is 1. The summed E-state index contributed by atoms with van der Waals surface area (Å²) in [6, 6.07) is 0. The van der Waals surface area contributed by atoms with E-state index in [0.717, 1.165) is 11.8 Å². The van der Waals surface area contributed by atoms with E-state index in [2.05, 4.69) is 4.99 Å². The first kappa shape index (κ1) is 9.85. The number of thioether (sulfide) groups is 1. The summed E-state index contributed by atoms with van der Waals surface area (Å²) in [6.45, 7) is 0.408. The van der Waals surface area contributed by atoms with Crippen molar-refractivity contribution in [3.05, 3.63) is 0 Å². The van der Waals surface area contributed by atoms with Crippen molar-refractivity contribution >= 4 is 28.9 Å². The number of rotatable bonds is 1. The predicted molar refractivity (Wildman–Crippen MR) is 50.5 cm³/mol. The Morgan fingerprint density at radius 3 is 2.85 bits per heavy atom. The van der Waals surface area contributed by atoms with E-state index in [-0.39, 0.29) is 22.3 Å². The lowest BCUT2D eigenvalue weighted by molar-refractivity contribution is -0.137. The van der Waals surface area contributed by atoms with Crippen molar-refractivity contribution in [2.45, 2.75) is 11.7 Å². The zero-order valence-corrected chi connectivity index (χ0v) is 7.63. The number of carbonyl (C=O) groups is 1. The van der Waals surface area contributed by atoms with E-state index in [1.54, 1.807) is 0 Å². The van der Waals surface area contributed by atoms with Gasteiger partial charge in [-0.1, -0.05) is 11.8 Å². The van der Waals surface area contributed by atoms with Gasteiger partial charge in [-0.25, -0.2) is 0 Å². The molecule has 72 valence electrons. The fraction of sp³-hybridized carbons (Fsp3) is 0.500. The number of ether oxygens (including phenoxy) is 1. The molecular weight excluding hydrogens is 192 g/mol. The maximum absolute atomic E-state index is 10.9. The number of hydrogen-bond acceptors (Lipinski definition) is 4. The Morgan fingerprint density at radius 2 is 2.38 bits per heavy atom. The van der Waals surface area contributed by atoms with Gasteiger partial charge in [0, 0.05) is 6.42 Å². The number of amidine groups is 1. The molecule has 1 saturated heterocycles. The summed E-state index contributed by atoms with van der Waals surface area (Å²) in [7, 11) is 0. The van der Waals surface area contributed by atoms with Crippen LogP contribution >= 0.6 is 11.8 Å². The minimum absolute atomic E-state index is 0.0659. The third-order valence-electron chi connectivity index (χ3n) is 1.37. The van der Waals surface area contributed by atoms with Gasteiger partial charge in [0.15, 0.2) is 11.1 Å². The molecule has 0 saturated carbocycles. The minimum Gasteiger partial charge on any atom is -0.465 e. The Labute approximate surface area is 79.2 Å². The van der Waals surface area contributed by atoms with E-state index in [4.69, 9.17) is 21.6 Å². The number of aliphatic imine (C=N–C) groups is 1. The first-order valence-electron chi connectivity index (χ1n) is 3.61. The molecule has 5 N–H and O–H groups in total. The van der Waals surface area contributed by atoms with Gasteiger partial charge in [0.2, 0.25) is 0 Å². The molecule has 7 heteroatoms. The highest BCUT2D eigenvalue weighted by Crippen LogP contribution is 2.22. The standard InChI is InChI=1S/C6H10N4O2S/c7-5(8)10-6(9)13-3-1-2-12-4(3)11/h3H,1-2H2,(H5,7,8,9,10). The maximum Gasteiger partial charge on any atom is 0.319 e. The maximum atomic E-state index is 10.9. The molecule has 1 aliphatic rings. The summed E-state index contributed by atoms with van der Waals surface area (Å²) in [5, 5.41) is 6.88. The molecule has 0 radical (unpaired) electrons. The highest BCUT2D eigenvalue weighted by atomic mass is 32.2. The molecule has 0 aromatic carbocycles. The van der Waals surface area contributed by atoms with Gasteiger partial charge in [0.05, 0.1) is 6.61 Å². The second-order valence-corrected chi connectivity index (χ2v) is 3.60. The van der Waals surface area contributed by atoms with Gasteiger partial charge in [0.25, 0.3) is 0 Å². The third kappa shape index (κ3) is 2.94. The molecule has 6 nitrogen and oxygen atoms in total. The Hall–Kier alpha value is -1.24. The fourth-order valence-electron chi connectivity index (χ4n) is 0.863. The van der Waals surface area contributed by atoms with E-state index in [1.165, 1.54) is 0 Å². The van der Waals surface area contributed by atoms with Crippen LogP contribution in [0.5, 0.6) is 0 Å². The molecular formula is C6H10N4O2S. The van der Waals surface area contributed by atoms with Crippen molar-refractivity contribution in [2.24, 2.45) is 16.5 Å². The van der Waals surface area contributed by atoms with Crippen LogP contribution in [0.25, 0.3) is 0 Å². The zero-order chi connectivity index (χ0) is 9.84. The Bertz CT molecular complexity index is 261. The highest BCUT2D eigenvalue weighted by Gasteiger charge is 2.28. The number of nitrogens with one attached hydrogen (secondary N) is 1. The van der Waals surface area contributed by atoms with Crippen molar-refractivity contribution in [3.8, 4) is 0 Å². The van der Waals surface area contributed by atoms with E-state index < -0.39 is 0 Å². The van der Waals surface area contributed by atoms with Gasteiger partial charge in [-0.2, -0.15) is 4.99 Å². The van der Waals surface area contributed by atoms with Crippen LogP contribution in [0.4, 0.5) is 0 Å². The first-order chi connectivity index (χ1) is 6.09. The number of cyclic esters (lactones) is 1. The zero-order valence-electron chi connectivity index (χ0n) is 6.82. The normalized spacial score (nSPS) is 20.9. The Morgan fingerprint density at radius 1 is 1.69 bits per heavy atom. The number of hydrogen-bond donors (Lipinski definition) is 3. The van der Waals surface area contributed by atoms with Crippen LogP contribution in [0.2, 0.25) is 0 Å². The summed E-state index contributed by atoms with van der Waals surface area (Å²) in [5.74, 6) is -0.482. The smallest absolute Gasteiger partial charge is 0.319 e. The van der Waals surface area contributed by atoms with Crippen molar-refractivity contribution in [2.75, 3.05) is 6.61 Å². The average molecular weight is 202 g/mol. The van der Waals surface area contributed by atoms with Gasteiger partial charge < -0.3 is 16.2 Å². The lowest BCUT2D eigenvalue weighted by atomic mass is 10.4. The van der Waals surface area contributed by atoms with Crippen LogP contribution in [0, 0.1) is 5.41 Å². The van der Waals surface area contributed by atoms with Gasteiger partial charge >= 0.3 is 5.97 Å². The largest absolute Gasteiger partial charge is 0.465 e. The van der Waals surface area contributed by atoms with E-state index in [1.807, 2.05) is 0 Å². The minimum atomic E-state index is -0.337. The molecule has 1 fully saturated rings. The molecule has 1 aliphatic heterocycles. The van der Waals surface area contributed by atoms with Crippen LogP contribution in [-0.4, -0.2) is 29.0 Å². The monoisotopic (exact) mass is 202 g/mol. The van der Waals surface area contributed by atoms with Gasteiger partial charge in [0.1, 0.15) is 5.25 Å². The Kier molecular flexibility index (Phi) is 3.13. The van der Waals surface area contributed by atoms with Gasteiger partial charge in [-0.15, -0.1) is 0 Å². The predicted octanol–water partition coefficient (Wildman–Crippen LogP) is -0.757. The summed E-state index contributed by atoms with van der Waals surface area (Å²) in [6.07, 6.45) is 0.603. The van der Waals surface area contributed by atoms with Crippen LogP contribution in [-0.2, 0) is 9.53 Å². The second kappa shape index (κ2) is 4.13. The fourth-order valence-corrected chi connectivity index (χ4v) is 1.67. The van der Waals surface area contributed by atoms with E-state index in [9.17, 15) is 4.79 Å². The molecule has 0 aromatic heterocycles. The second-order valence-electron chi connectivity index (χ2n) is 2.40. The molecule has 0 amide bonds. The molecule has 0 aliphatic carbocycles. The quantitative estimate of drug-likeness (QED) is 0.294. The van der Waals surface area contributed by atoms with Crippen LogP contribution in [0.1, 0.15) is 6.42 Å². The molecule has 1 heterocycles. The number of nitrogens with two attached hydrogens (primary N) is 2. The van der Waals surface area contributed by atoms with Crippen LogP contribution in [0.15, 0.2) is 4.99 Å². The summed E-state index contributed by atoms with van der Waals surface area (Å²) in [4.78, 5) is 14.4. The van der Waals surface area contributed by atoms with Crippen LogP contribution < -0.4 is 11.5 Å². The Balaban J connectivity index is 2.44. The molecule has 13 heavy (non-hydrogen) atoms. The van der Waals surface area contributed by atoms with Crippen molar-refractivity contribution < 1.29 is 9.53 Å². The molecule has 0 aromatic rings. The number of esters is 1. The van der Waals surface area contributed by atoms with Crippen molar-refractivity contribution in [1.82, 2.24) is 0 Å². The summed E-state index contributed by atoms with van der Waals surface area (Å²) in [5.41, 5.74) is 10.1. The molecule has 0 spiro atoms. The van der Waals surface area contributed by atoms with Crippen molar-refractivity contribution in [1.29, 1.82) is 5.41 Å². The molecule has 1 rings (SSSR count). The van der Waals surface area contributed by atoms with Crippen molar-refractivity contribution in [3.63, 3.8) is 0 Å². The van der Waals surface area contributed by atoms with Gasteiger partial charge in [-0.05, 0) is 0 Å². The van der Waals surface area contributed by atoms with E-state index in [0.29, 0.717) is 13.0 Å².